The number of hydrogen-bond donors (Lipinski definition) is 2. The van der Waals surface area contributed by atoms with Crippen LogP contribution in [0.4, 0.5) is 11.5 Å². The Balaban J connectivity index is 1.43. The van der Waals surface area contributed by atoms with Gasteiger partial charge in [-0.2, -0.15) is 5.10 Å². The molecule has 0 saturated carbocycles. The maximum absolute atomic E-state index is 4.56. The molecule has 0 amide bonds. The van der Waals surface area contributed by atoms with Crippen LogP contribution in [0.15, 0.2) is 42.9 Å². The summed E-state index contributed by atoms with van der Waals surface area (Å²) in [6.45, 7) is 9.33. The van der Waals surface area contributed by atoms with E-state index in [0.717, 1.165) is 65.3 Å². The van der Waals surface area contributed by atoms with Crippen molar-refractivity contribution >= 4 is 28.4 Å². The van der Waals surface area contributed by atoms with E-state index in [9.17, 15) is 0 Å². The molecule has 5 rings (SSSR count). The van der Waals surface area contributed by atoms with E-state index in [1.807, 2.05) is 22.8 Å². The summed E-state index contributed by atoms with van der Waals surface area (Å²) in [7, 11) is 0. The second-order valence-corrected chi connectivity index (χ2v) is 9.08. The van der Waals surface area contributed by atoms with Crippen LogP contribution >= 0.6 is 11.3 Å². The summed E-state index contributed by atoms with van der Waals surface area (Å²) in [5, 5.41) is 22.0. The maximum Gasteiger partial charge on any atom is 0.158 e. The Bertz CT molecular complexity index is 1180. The van der Waals surface area contributed by atoms with Gasteiger partial charge in [-0.1, -0.05) is 37.3 Å². The molecule has 31 heavy (non-hydrogen) atoms. The molecule has 1 aliphatic rings. The Kier molecular flexibility index (Phi) is 5.63. The van der Waals surface area contributed by atoms with Gasteiger partial charge in [-0.15, -0.1) is 10.2 Å². The quantitative estimate of drug-likeness (QED) is 0.480. The molecule has 1 aliphatic heterocycles. The number of nitrogens with one attached hydrogen (secondary N) is 2. The van der Waals surface area contributed by atoms with Crippen LogP contribution in [0, 0.1) is 0 Å². The Morgan fingerprint density at radius 2 is 2.03 bits per heavy atom. The number of aromatic nitrogens is 5. The van der Waals surface area contributed by atoms with Gasteiger partial charge in [0, 0.05) is 56.1 Å². The molecule has 0 aliphatic carbocycles. The molecule has 0 spiro atoms. The monoisotopic (exact) mass is 434 g/mol. The minimum atomic E-state index is 0.380. The van der Waals surface area contributed by atoms with Gasteiger partial charge < -0.3 is 10.6 Å². The first-order valence-electron chi connectivity index (χ1n) is 10.6. The molecule has 0 unspecified atom stereocenters. The predicted molar refractivity (Wildman–Crippen MR) is 124 cm³/mol. The second-order valence-electron chi connectivity index (χ2n) is 8.07. The molecule has 9 heteroatoms. The van der Waals surface area contributed by atoms with Gasteiger partial charge in [0.05, 0.1) is 0 Å². The molecule has 1 saturated heterocycles. The molecule has 160 valence electrons. The Labute approximate surface area is 185 Å². The first kappa shape index (κ1) is 20.0. The van der Waals surface area contributed by atoms with E-state index in [1.165, 1.54) is 5.56 Å². The van der Waals surface area contributed by atoms with Crippen molar-refractivity contribution in [2.24, 2.45) is 0 Å². The summed E-state index contributed by atoms with van der Waals surface area (Å²) >= 11 is 1.64. The zero-order valence-electron chi connectivity index (χ0n) is 17.7. The van der Waals surface area contributed by atoms with Crippen molar-refractivity contribution in [3.8, 4) is 10.6 Å². The predicted octanol–water partition coefficient (Wildman–Crippen LogP) is 3.52. The number of benzene rings is 1. The van der Waals surface area contributed by atoms with Crippen LogP contribution < -0.4 is 10.6 Å². The third-order valence-electron chi connectivity index (χ3n) is 5.45. The van der Waals surface area contributed by atoms with Gasteiger partial charge in [0.25, 0.3) is 0 Å². The molecule has 0 bridgehead atoms. The van der Waals surface area contributed by atoms with Crippen molar-refractivity contribution in [1.29, 1.82) is 0 Å². The highest BCUT2D eigenvalue weighted by atomic mass is 32.1. The van der Waals surface area contributed by atoms with Crippen LogP contribution in [0.2, 0.25) is 0 Å². The molecule has 1 aromatic carbocycles. The van der Waals surface area contributed by atoms with E-state index in [0.29, 0.717) is 5.92 Å². The van der Waals surface area contributed by atoms with E-state index >= 15 is 0 Å². The lowest BCUT2D eigenvalue weighted by Gasteiger charge is -2.27. The van der Waals surface area contributed by atoms with Gasteiger partial charge in [0.15, 0.2) is 5.82 Å². The molecule has 3 aromatic heterocycles. The number of anilines is 2. The van der Waals surface area contributed by atoms with Crippen molar-refractivity contribution in [3.05, 3.63) is 53.4 Å². The van der Waals surface area contributed by atoms with Gasteiger partial charge in [-0.3, -0.25) is 4.90 Å². The topological polar surface area (TPSA) is 83.3 Å². The largest absolute Gasteiger partial charge is 0.338 e. The highest BCUT2D eigenvalue weighted by Crippen LogP contribution is 2.30. The van der Waals surface area contributed by atoms with E-state index in [2.05, 4.69) is 67.9 Å². The number of piperazine rings is 1. The first-order chi connectivity index (χ1) is 15.2. The van der Waals surface area contributed by atoms with Crippen LogP contribution in [-0.4, -0.2) is 55.9 Å². The third kappa shape index (κ3) is 4.30. The third-order valence-corrected chi connectivity index (χ3v) is 6.72. The zero-order chi connectivity index (χ0) is 21.2. The number of fused-ring (bicyclic) bond motifs is 1. The highest BCUT2D eigenvalue weighted by Gasteiger charge is 2.16. The van der Waals surface area contributed by atoms with Gasteiger partial charge in [-0.25, -0.2) is 9.50 Å². The minimum absolute atomic E-state index is 0.380. The molecule has 0 radical (unpaired) electrons. The van der Waals surface area contributed by atoms with Gasteiger partial charge in [0.1, 0.15) is 21.9 Å². The lowest BCUT2D eigenvalue weighted by Crippen LogP contribution is -2.42. The molecule has 4 heterocycles. The molecular weight excluding hydrogens is 408 g/mol. The summed E-state index contributed by atoms with van der Waals surface area (Å²) in [4.78, 5) is 7.02. The van der Waals surface area contributed by atoms with Crippen LogP contribution in [0.5, 0.6) is 0 Å². The van der Waals surface area contributed by atoms with Crippen molar-refractivity contribution in [3.63, 3.8) is 0 Å². The Hall–Kier alpha value is -2.88. The van der Waals surface area contributed by atoms with Gasteiger partial charge >= 0.3 is 0 Å². The molecule has 4 aromatic rings. The van der Waals surface area contributed by atoms with Crippen molar-refractivity contribution in [2.75, 3.05) is 31.5 Å². The minimum Gasteiger partial charge on any atom is -0.338 e. The molecule has 0 atom stereocenters. The summed E-state index contributed by atoms with van der Waals surface area (Å²) in [6, 6.07) is 10.4. The van der Waals surface area contributed by atoms with Crippen molar-refractivity contribution in [1.82, 2.24) is 35.0 Å². The fourth-order valence-corrected chi connectivity index (χ4v) is 4.64. The lowest BCUT2D eigenvalue weighted by atomic mass is 10.2. The number of hydrogen-bond acceptors (Lipinski definition) is 8. The molecule has 2 N–H and O–H groups in total. The van der Waals surface area contributed by atoms with Crippen LogP contribution in [0.25, 0.3) is 16.1 Å². The van der Waals surface area contributed by atoms with Crippen molar-refractivity contribution < 1.29 is 0 Å². The maximum atomic E-state index is 4.56. The number of nitrogens with zero attached hydrogens (tertiary/aromatic N) is 6. The number of rotatable bonds is 6. The smallest absolute Gasteiger partial charge is 0.158 e. The highest BCUT2D eigenvalue weighted by molar-refractivity contribution is 7.14. The lowest BCUT2D eigenvalue weighted by molar-refractivity contribution is 0.234. The van der Waals surface area contributed by atoms with Gasteiger partial charge in [-0.05, 0) is 23.8 Å². The van der Waals surface area contributed by atoms with Crippen LogP contribution in [-0.2, 0) is 6.54 Å². The van der Waals surface area contributed by atoms with E-state index in [4.69, 9.17) is 0 Å². The van der Waals surface area contributed by atoms with E-state index in [1.54, 1.807) is 17.7 Å². The molecule has 1 fully saturated rings. The fraction of sp³-hybridized carbons (Fsp3) is 0.364. The average Bonchev–Trinajstić information content (AvgIpc) is 3.43. The first-order valence-corrected chi connectivity index (χ1v) is 11.4. The summed E-state index contributed by atoms with van der Waals surface area (Å²) in [5.74, 6) is 1.19. The molecule has 8 nitrogen and oxygen atoms in total. The van der Waals surface area contributed by atoms with Crippen molar-refractivity contribution in [2.45, 2.75) is 26.3 Å². The average molecular weight is 435 g/mol. The SMILES string of the molecule is CC(C)c1nnc(-c2cccc(Nc3ncnn4ccc(CN5CCNCC5)c34)c2)s1. The summed E-state index contributed by atoms with van der Waals surface area (Å²) in [5.41, 5.74) is 4.26. The molecular formula is C22H26N8S. The van der Waals surface area contributed by atoms with Gasteiger partial charge in [0.2, 0.25) is 0 Å². The standard InChI is InChI=1S/C22H26N8S/c1-15(2)21-27-28-22(31-21)16-4-3-5-18(12-16)26-20-19-17(6-9-30(19)25-14-24-20)13-29-10-7-23-8-11-29/h3-6,9,12,14-15,23H,7-8,10-11,13H2,1-2H3,(H,24,25,26). The zero-order valence-corrected chi connectivity index (χ0v) is 18.6. The normalized spacial score (nSPS) is 15.1. The summed E-state index contributed by atoms with van der Waals surface area (Å²) in [6.07, 6.45) is 3.60. The Morgan fingerprint density at radius 1 is 1.16 bits per heavy atom. The summed E-state index contributed by atoms with van der Waals surface area (Å²) < 4.78 is 1.90. The second kappa shape index (κ2) is 8.70. The van der Waals surface area contributed by atoms with Crippen LogP contribution in [0.3, 0.4) is 0 Å². The van der Waals surface area contributed by atoms with E-state index in [-0.39, 0.29) is 0 Å². The van der Waals surface area contributed by atoms with Crippen LogP contribution in [0.1, 0.15) is 30.3 Å². The Morgan fingerprint density at radius 3 is 2.84 bits per heavy atom. The fourth-order valence-electron chi connectivity index (χ4n) is 3.80. The van der Waals surface area contributed by atoms with E-state index < -0.39 is 0 Å².